The van der Waals surface area contributed by atoms with Crippen molar-refractivity contribution in [3.8, 4) is 0 Å². The minimum atomic E-state index is 0.0267. The fourth-order valence-electron chi connectivity index (χ4n) is 3.80. The van der Waals surface area contributed by atoms with Crippen molar-refractivity contribution < 1.29 is 4.79 Å². The van der Waals surface area contributed by atoms with Gasteiger partial charge in [0.25, 0.3) is 5.91 Å². The summed E-state index contributed by atoms with van der Waals surface area (Å²) < 4.78 is 0. The molecule has 0 radical (unpaired) electrons. The first-order valence-corrected chi connectivity index (χ1v) is 8.99. The van der Waals surface area contributed by atoms with Crippen LogP contribution in [0.15, 0.2) is 48.9 Å². The van der Waals surface area contributed by atoms with E-state index in [4.69, 9.17) is 0 Å². The summed E-state index contributed by atoms with van der Waals surface area (Å²) in [6.07, 6.45) is 6.41. The van der Waals surface area contributed by atoms with E-state index in [1.807, 2.05) is 23.4 Å². The van der Waals surface area contributed by atoms with Gasteiger partial charge in [0.2, 0.25) is 0 Å². The maximum Gasteiger partial charge on any atom is 0.271 e. The predicted molar refractivity (Wildman–Crippen MR) is 101 cm³/mol. The molecule has 0 unspecified atom stereocenters. The molecule has 0 saturated carbocycles. The Kier molecular flexibility index (Phi) is 4.67. The lowest BCUT2D eigenvalue weighted by Crippen LogP contribution is -2.36. The number of hydrogen-bond donors (Lipinski definition) is 1. The van der Waals surface area contributed by atoms with Crippen LogP contribution in [-0.4, -0.2) is 64.1 Å². The number of nitrogens with one attached hydrogen (secondary N) is 1. The van der Waals surface area contributed by atoms with Crippen molar-refractivity contribution in [2.45, 2.75) is 6.42 Å². The number of carbonyl (C=O) groups is 1. The number of carbonyl (C=O) groups excluding carboxylic acids is 1. The molecule has 1 saturated heterocycles. The van der Waals surface area contributed by atoms with Crippen molar-refractivity contribution in [1.82, 2.24) is 25.0 Å². The third-order valence-corrected chi connectivity index (χ3v) is 5.08. The van der Waals surface area contributed by atoms with Gasteiger partial charge in [-0.05, 0) is 36.4 Å². The molecule has 1 N–H and O–H groups in total. The predicted octanol–water partition coefficient (Wildman–Crippen LogP) is 2.20. The zero-order valence-electron chi connectivity index (χ0n) is 14.9. The molecular formula is C20H23N5O. The van der Waals surface area contributed by atoms with Crippen LogP contribution in [0.25, 0.3) is 10.8 Å². The Balaban J connectivity index is 1.57. The zero-order valence-corrected chi connectivity index (χ0v) is 14.9. The third-order valence-electron chi connectivity index (χ3n) is 5.08. The molecule has 2 aromatic heterocycles. The number of fused-ring (bicyclic) bond motifs is 1. The van der Waals surface area contributed by atoms with Gasteiger partial charge in [-0.3, -0.25) is 14.9 Å². The number of nitrogens with zero attached hydrogens (tertiary/aromatic N) is 4. The Morgan fingerprint density at radius 2 is 2.08 bits per heavy atom. The van der Waals surface area contributed by atoms with Crippen LogP contribution in [0.1, 0.15) is 16.1 Å². The second-order valence-electron chi connectivity index (χ2n) is 7.07. The summed E-state index contributed by atoms with van der Waals surface area (Å²) in [5, 5.41) is 9.11. The van der Waals surface area contributed by atoms with E-state index in [1.54, 1.807) is 12.3 Å². The van der Waals surface area contributed by atoms with E-state index >= 15 is 0 Å². The van der Waals surface area contributed by atoms with Crippen LogP contribution in [0.3, 0.4) is 0 Å². The summed E-state index contributed by atoms with van der Waals surface area (Å²) in [7, 11) is 2.12. The van der Waals surface area contributed by atoms with Gasteiger partial charge < -0.3 is 9.80 Å². The van der Waals surface area contributed by atoms with E-state index < -0.39 is 0 Å². The lowest BCUT2D eigenvalue weighted by atomic mass is 9.96. The molecule has 1 aromatic carbocycles. The first kappa shape index (κ1) is 16.7. The van der Waals surface area contributed by atoms with Crippen LogP contribution >= 0.6 is 0 Å². The highest BCUT2D eigenvalue weighted by Crippen LogP contribution is 2.22. The molecule has 3 heterocycles. The van der Waals surface area contributed by atoms with E-state index in [-0.39, 0.29) is 5.91 Å². The Morgan fingerprint density at radius 3 is 2.92 bits per heavy atom. The van der Waals surface area contributed by atoms with Crippen LogP contribution < -0.4 is 0 Å². The minimum Gasteiger partial charge on any atom is -0.336 e. The van der Waals surface area contributed by atoms with Crippen LogP contribution in [0.2, 0.25) is 0 Å². The Bertz CT molecular complexity index is 887. The normalized spacial score (nSPS) is 18.8. The number of hydrogen-bond acceptors (Lipinski definition) is 4. The number of amides is 1. The average molecular weight is 349 g/mol. The van der Waals surface area contributed by atoms with Gasteiger partial charge in [-0.15, -0.1) is 0 Å². The monoisotopic (exact) mass is 349 g/mol. The lowest BCUT2D eigenvalue weighted by molar-refractivity contribution is 0.0740. The third kappa shape index (κ3) is 3.46. The standard InChI is InChI=1S/C20H23N5O/c1-24-8-9-25(20(26)19-6-7-22-23-19)14-15(13-24)10-17-12-21-11-16-4-2-3-5-18(16)17/h2-7,11-12,15H,8-10,13-14H2,1H3,(H,22,23)/t15-/m0/s1. The Hall–Kier alpha value is -2.73. The molecule has 1 aliphatic heterocycles. The van der Waals surface area contributed by atoms with E-state index in [9.17, 15) is 4.79 Å². The first-order chi connectivity index (χ1) is 12.7. The molecular weight excluding hydrogens is 326 g/mol. The number of H-pyrrole nitrogens is 1. The van der Waals surface area contributed by atoms with Crippen LogP contribution in [-0.2, 0) is 6.42 Å². The molecule has 1 atom stereocenters. The van der Waals surface area contributed by atoms with E-state index in [1.165, 1.54) is 10.9 Å². The summed E-state index contributed by atoms with van der Waals surface area (Å²) in [4.78, 5) is 21.4. The van der Waals surface area contributed by atoms with E-state index in [0.717, 1.165) is 38.0 Å². The van der Waals surface area contributed by atoms with Gasteiger partial charge in [-0.25, -0.2) is 0 Å². The molecule has 3 aromatic rings. The second-order valence-corrected chi connectivity index (χ2v) is 7.07. The molecule has 1 fully saturated rings. The molecule has 6 heteroatoms. The quantitative estimate of drug-likeness (QED) is 0.787. The fourth-order valence-corrected chi connectivity index (χ4v) is 3.80. The molecule has 4 rings (SSSR count). The van der Waals surface area contributed by atoms with Crippen LogP contribution in [0.4, 0.5) is 0 Å². The van der Waals surface area contributed by atoms with Crippen LogP contribution in [0, 0.1) is 5.92 Å². The van der Waals surface area contributed by atoms with Gasteiger partial charge in [0, 0.05) is 50.2 Å². The summed E-state index contributed by atoms with van der Waals surface area (Å²) in [6, 6.07) is 10.1. The van der Waals surface area contributed by atoms with Crippen molar-refractivity contribution in [1.29, 1.82) is 0 Å². The summed E-state index contributed by atoms with van der Waals surface area (Å²) in [5.74, 6) is 0.390. The largest absolute Gasteiger partial charge is 0.336 e. The van der Waals surface area contributed by atoms with Crippen molar-refractivity contribution in [2.75, 3.05) is 33.2 Å². The van der Waals surface area contributed by atoms with E-state index in [0.29, 0.717) is 11.6 Å². The number of aromatic nitrogens is 3. The molecule has 6 nitrogen and oxygen atoms in total. The number of benzene rings is 1. The smallest absolute Gasteiger partial charge is 0.271 e. The van der Waals surface area contributed by atoms with Gasteiger partial charge in [0.05, 0.1) is 0 Å². The minimum absolute atomic E-state index is 0.0267. The summed E-state index contributed by atoms with van der Waals surface area (Å²) in [6.45, 7) is 3.32. The molecule has 1 amide bonds. The van der Waals surface area contributed by atoms with Crippen molar-refractivity contribution in [3.05, 3.63) is 60.2 Å². The maximum atomic E-state index is 12.8. The number of aromatic amines is 1. The van der Waals surface area contributed by atoms with Crippen molar-refractivity contribution >= 4 is 16.7 Å². The highest BCUT2D eigenvalue weighted by atomic mass is 16.2. The number of rotatable bonds is 3. The fraction of sp³-hybridized carbons (Fsp3) is 0.350. The molecule has 1 aliphatic rings. The lowest BCUT2D eigenvalue weighted by Gasteiger charge is -2.24. The molecule has 26 heavy (non-hydrogen) atoms. The number of pyridine rings is 1. The molecule has 0 aliphatic carbocycles. The zero-order chi connectivity index (χ0) is 17.9. The van der Waals surface area contributed by atoms with Gasteiger partial charge in [0.15, 0.2) is 0 Å². The Labute approximate surface area is 152 Å². The molecule has 0 spiro atoms. The maximum absolute atomic E-state index is 12.8. The van der Waals surface area contributed by atoms with Crippen molar-refractivity contribution in [3.63, 3.8) is 0 Å². The topological polar surface area (TPSA) is 65.1 Å². The highest BCUT2D eigenvalue weighted by Gasteiger charge is 2.26. The van der Waals surface area contributed by atoms with Gasteiger partial charge in [-0.2, -0.15) is 5.10 Å². The summed E-state index contributed by atoms with van der Waals surface area (Å²) >= 11 is 0. The van der Waals surface area contributed by atoms with Gasteiger partial charge in [-0.1, -0.05) is 24.3 Å². The highest BCUT2D eigenvalue weighted by molar-refractivity contribution is 5.92. The van der Waals surface area contributed by atoms with Crippen molar-refractivity contribution in [2.24, 2.45) is 5.92 Å². The van der Waals surface area contributed by atoms with Crippen LogP contribution in [0.5, 0.6) is 0 Å². The Morgan fingerprint density at radius 1 is 1.19 bits per heavy atom. The molecule has 134 valence electrons. The number of likely N-dealkylation sites (N-methyl/N-ethyl adjacent to an activating group) is 1. The van der Waals surface area contributed by atoms with Gasteiger partial charge in [0.1, 0.15) is 5.69 Å². The molecule has 0 bridgehead atoms. The SMILES string of the molecule is CN1CCN(C(=O)c2ccn[nH]2)C[C@@H](Cc2cncc3ccccc23)C1. The van der Waals surface area contributed by atoms with E-state index in [2.05, 4.69) is 45.3 Å². The second kappa shape index (κ2) is 7.25. The average Bonchev–Trinajstić information content (AvgIpc) is 3.13. The van der Waals surface area contributed by atoms with Gasteiger partial charge >= 0.3 is 0 Å². The summed E-state index contributed by atoms with van der Waals surface area (Å²) in [5.41, 5.74) is 1.80. The first-order valence-electron chi connectivity index (χ1n) is 8.99.